The van der Waals surface area contributed by atoms with Crippen molar-refractivity contribution in [1.82, 2.24) is 20.8 Å². The summed E-state index contributed by atoms with van der Waals surface area (Å²) in [6.45, 7) is 7.27. The summed E-state index contributed by atoms with van der Waals surface area (Å²) in [5.74, 6) is 0. The largest absolute Gasteiger partial charge is 0.452 e. The van der Waals surface area contributed by atoms with E-state index in [0.717, 1.165) is 31.2 Å². The molecule has 0 aliphatic rings. The summed E-state index contributed by atoms with van der Waals surface area (Å²) in [6, 6.07) is 0. The third-order valence-electron chi connectivity index (χ3n) is 3.43. The van der Waals surface area contributed by atoms with E-state index in [1.54, 1.807) is 13.8 Å². The maximum atomic E-state index is 11.2. The van der Waals surface area contributed by atoms with E-state index >= 15 is 0 Å². The zero-order valence-electron chi connectivity index (χ0n) is 16.2. The van der Waals surface area contributed by atoms with Gasteiger partial charge in [-0.1, -0.05) is 0 Å². The third-order valence-corrected chi connectivity index (χ3v) is 6.11. The molecule has 2 aromatic heterocycles. The molecule has 0 bridgehead atoms. The van der Waals surface area contributed by atoms with Crippen LogP contribution in [0.5, 0.6) is 0 Å². The molecule has 10 nitrogen and oxygen atoms in total. The van der Waals surface area contributed by atoms with Crippen molar-refractivity contribution in [1.29, 1.82) is 0 Å². The van der Waals surface area contributed by atoms with E-state index in [1.165, 1.54) is 36.9 Å². The van der Waals surface area contributed by atoms with Gasteiger partial charge in [-0.2, -0.15) is 10.2 Å². The highest BCUT2D eigenvalue weighted by Gasteiger charge is 2.18. The Bertz CT molecular complexity index is 871. The molecular formula is C16H20N6O4S2. The fourth-order valence-corrected chi connectivity index (χ4v) is 4.14. The summed E-state index contributed by atoms with van der Waals surface area (Å²) < 4.78 is 9.00. The number of carbonyl (C=O) groups excluding carboxylic acids is 2. The molecule has 0 spiro atoms. The molecule has 0 aromatic carbocycles. The first-order valence-corrected chi connectivity index (χ1v) is 9.62. The van der Waals surface area contributed by atoms with Crippen LogP contribution >= 0.6 is 22.7 Å². The van der Waals surface area contributed by atoms with E-state index in [1.807, 2.05) is 13.8 Å². The highest BCUT2D eigenvalue weighted by Crippen LogP contribution is 2.33. The summed E-state index contributed by atoms with van der Waals surface area (Å²) >= 11 is 2.84. The van der Waals surface area contributed by atoms with Crippen LogP contribution in [0.15, 0.2) is 10.2 Å². The predicted octanol–water partition coefficient (Wildman–Crippen LogP) is 3.04. The van der Waals surface area contributed by atoms with E-state index in [9.17, 15) is 9.59 Å². The van der Waals surface area contributed by atoms with E-state index < -0.39 is 12.2 Å². The Hall–Kier alpha value is -2.86. The summed E-state index contributed by atoms with van der Waals surface area (Å²) in [4.78, 5) is 33.1. The molecule has 0 aliphatic heterocycles. The molecule has 28 heavy (non-hydrogen) atoms. The molecule has 0 fully saturated rings. The van der Waals surface area contributed by atoms with Gasteiger partial charge in [0, 0.05) is 0 Å². The fourth-order valence-electron chi connectivity index (χ4n) is 2.10. The molecule has 0 unspecified atom stereocenters. The summed E-state index contributed by atoms with van der Waals surface area (Å²) in [7, 11) is 2.54. The quantitative estimate of drug-likeness (QED) is 0.561. The average Bonchev–Trinajstić information content (AvgIpc) is 3.26. The second kappa shape index (κ2) is 9.37. The lowest BCUT2D eigenvalue weighted by atomic mass is 10.3. The number of aromatic nitrogens is 2. The van der Waals surface area contributed by atoms with Crippen molar-refractivity contribution in [2.24, 2.45) is 10.2 Å². The molecular weight excluding hydrogens is 404 g/mol. The summed E-state index contributed by atoms with van der Waals surface area (Å²) in [6.07, 6.45) is -1.28. The van der Waals surface area contributed by atoms with E-state index in [2.05, 4.69) is 40.5 Å². The number of hydrogen-bond acceptors (Lipinski definition) is 10. The standard InChI is InChI=1S/C16H20N6O4S2/c1-7-11(9(3)19-21-15(23)25-5)27-13(17-7)14-18-8(2)12(28-14)10(4)20-22-16(24)26-6/h1-6H3,(H,21,23)(H,22,24)/b19-9-,20-10-. The topological polar surface area (TPSA) is 127 Å². The van der Waals surface area contributed by atoms with Crippen molar-refractivity contribution in [3.05, 3.63) is 21.1 Å². The van der Waals surface area contributed by atoms with Crippen LogP contribution in [0.3, 0.4) is 0 Å². The Morgan fingerprint density at radius 1 is 0.821 bits per heavy atom. The Labute approximate surface area is 169 Å². The highest BCUT2D eigenvalue weighted by atomic mass is 32.1. The molecule has 150 valence electrons. The fraction of sp³-hybridized carbons (Fsp3) is 0.375. The second-order valence-corrected chi connectivity index (χ2v) is 7.47. The molecule has 2 heterocycles. The van der Waals surface area contributed by atoms with Gasteiger partial charge >= 0.3 is 12.2 Å². The smallest absolute Gasteiger partial charge is 0.427 e. The van der Waals surface area contributed by atoms with Crippen LogP contribution < -0.4 is 10.9 Å². The van der Waals surface area contributed by atoms with Gasteiger partial charge in [-0.05, 0) is 27.7 Å². The van der Waals surface area contributed by atoms with E-state index in [-0.39, 0.29) is 0 Å². The number of hydrogen-bond donors (Lipinski definition) is 2. The molecule has 2 aromatic rings. The number of thiazole rings is 2. The molecule has 0 radical (unpaired) electrons. The maximum Gasteiger partial charge on any atom is 0.427 e. The minimum absolute atomic E-state index is 0.611. The van der Waals surface area contributed by atoms with E-state index in [0.29, 0.717) is 11.4 Å². The molecule has 0 saturated carbocycles. The summed E-state index contributed by atoms with van der Waals surface area (Å²) in [5, 5.41) is 9.47. The van der Waals surface area contributed by atoms with Gasteiger partial charge in [0.05, 0.1) is 46.8 Å². The SMILES string of the molecule is COC(=O)N/N=C(/C)c1sc(-c2nc(C)c(/C(C)=N\NC(=O)OC)s2)nc1C. The summed E-state index contributed by atoms with van der Waals surface area (Å²) in [5.41, 5.74) is 7.37. The van der Waals surface area contributed by atoms with Gasteiger partial charge in [0.25, 0.3) is 0 Å². The van der Waals surface area contributed by atoms with Gasteiger partial charge in [0.2, 0.25) is 0 Å². The minimum atomic E-state index is -0.641. The van der Waals surface area contributed by atoms with Gasteiger partial charge < -0.3 is 9.47 Å². The predicted molar refractivity (Wildman–Crippen MR) is 108 cm³/mol. The number of rotatable bonds is 5. The van der Waals surface area contributed by atoms with Gasteiger partial charge in [-0.3, -0.25) is 0 Å². The lowest BCUT2D eigenvalue weighted by Crippen LogP contribution is -2.18. The van der Waals surface area contributed by atoms with Crippen molar-refractivity contribution in [3.63, 3.8) is 0 Å². The molecule has 2 rings (SSSR count). The lowest BCUT2D eigenvalue weighted by molar-refractivity contribution is 0.170. The number of nitrogens with zero attached hydrogens (tertiary/aromatic N) is 4. The lowest BCUT2D eigenvalue weighted by Gasteiger charge is -1.99. The monoisotopic (exact) mass is 424 g/mol. The highest BCUT2D eigenvalue weighted by molar-refractivity contribution is 7.23. The van der Waals surface area contributed by atoms with Crippen molar-refractivity contribution in [2.45, 2.75) is 27.7 Å². The van der Waals surface area contributed by atoms with E-state index in [4.69, 9.17) is 0 Å². The third kappa shape index (κ3) is 5.10. The first-order valence-electron chi connectivity index (χ1n) is 7.99. The van der Waals surface area contributed by atoms with Crippen molar-refractivity contribution in [3.8, 4) is 10.0 Å². The first-order chi connectivity index (χ1) is 13.3. The van der Waals surface area contributed by atoms with Crippen molar-refractivity contribution >= 4 is 46.3 Å². The number of amides is 2. The number of aryl methyl sites for hydroxylation is 2. The maximum absolute atomic E-state index is 11.2. The number of hydrazone groups is 2. The first kappa shape index (κ1) is 21.4. The van der Waals surface area contributed by atoms with Crippen LogP contribution in [-0.2, 0) is 9.47 Å². The molecule has 12 heteroatoms. The minimum Gasteiger partial charge on any atom is -0.452 e. The van der Waals surface area contributed by atoms with Gasteiger partial charge in [0.1, 0.15) is 0 Å². The Balaban J connectivity index is 2.28. The van der Waals surface area contributed by atoms with Gasteiger partial charge in [-0.25, -0.2) is 30.4 Å². The van der Waals surface area contributed by atoms with Gasteiger partial charge in [-0.15, -0.1) is 22.7 Å². The molecule has 2 amide bonds. The second-order valence-electron chi connectivity index (χ2n) is 5.47. The normalized spacial score (nSPS) is 11.9. The molecule has 0 aliphatic carbocycles. The zero-order chi connectivity index (χ0) is 20.8. The molecule has 0 saturated heterocycles. The molecule has 2 N–H and O–H groups in total. The number of methoxy groups -OCH3 is 2. The van der Waals surface area contributed by atoms with Crippen LogP contribution in [0.1, 0.15) is 35.0 Å². The number of ether oxygens (including phenoxy) is 2. The Kier molecular flexibility index (Phi) is 7.18. The number of carbonyl (C=O) groups is 2. The Morgan fingerprint density at radius 3 is 1.50 bits per heavy atom. The van der Waals surface area contributed by atoms with Crippen LogP contribution in [0.25, 0.3) is 10.0 Å². The van der Waals surface area contributed by atoms with Crippen molar-refractivity contribution < 1.29 is 19.1 Å². The van der Waals surface area contributed by atoms with Crippen LogP contribution in [0.4, 0.5) is 9.59 Å². The van der Waals surface area contributed by atoms with Gasteiger partial charge in [0.15, 0.2) is 10.0 Å². The van der Waals surface area contributed by atoms with Crippen LogP contribution in [-0.4, -0.2) is 47.8 Å². The van der Waals surface area contributed by atoms with Crippen molar-refractivity contribution in [2.75, 3.05) is 14.2 Å². The van der Waals surface area contributed by atoms with Crippen LogP contribution in [0, 0.1) is 13.8 Å². The average molecular weight is 425 g/mol. The number of nitrogens with one attached hydrogen (secondary N) is 2. The molecule has 0 atom stereocenters. The Morgan fingerprint density at radius 2 is 1.18 bits per heavy atom. The zero-order valence-corrected chi connectivity index (χ0v) is 17.9. The van der Waals surface area contributed by atoms with Crippen LogP contribution in [0.2, 0.25) is 0 Å².